The van der Waals surface area contributed by atoms with Crippen molar-refractivity contribution in [2.75, 3.05) is 0 Å². The zero-order chi connectivity index (χ0) is 10.0. The molecule has 1 aromatic heterocycles. The summed E-state index contributed by atoms with van der Waals surface area (Å²) in [6.07, 6.45) is -2.83. The normalized spacial score (nSPS) is 10.9. The summed E-state index contributed by atoms with van der Waals surface area (Å²) in [7, 11) is 0. The Kier molecular flexibility index (Phi) is 2.87. The molecule has 0 saturated heterocycles. The van der Waals surface area contributed by atoms with Gasteiger partial charge >= 0.3 is 0 Å². The topological polar surface area (TPSA) is 38.9 Å². The average molecular weight is 190 g/mol. The molecule has 0 amide bonds. The Bertz CT molecular complexity index is 289. The lowest BCUT2D eigenvalue weighted by atomic mass is 10.1. The number of halogens is 3. The highest BCUT2D eigenvalue weighted by Gasteiger charge is 2.18. The second kappa shape index (κ2) is 3.74. The van der Waals surface area contributed by atoms with Crippen LogP contribution in [-0.2, 0) is 6.54 Å². The fraction of sp³-hybridized carbons (Fsp3) is 0.375. The molecule has 0 radical (unpaired) electrons. The predicted molar refractivity (Wildman–Crippen MR) is 41.8 cm³/mol. The first-order valence-corrected chi connectivity index (χ1v) is 3.70. The van der Waals surface area contributed by atoms with E-state index in [0.717, 1.165) is 0 Å². The first-order chi connectivity index (χ1) is 6.06. The van der Waals surface area contributed by atoms with Gasteiger partial charge in [-0.25, -0.2) is 13.8 Å². The van der Waals surface area contributed by atoms with E-state index in [0.29, 0.717) is 0 Å². The van der Waals surface area contributed by atoms with E-state index >= 15 is 0 Å². The number of nitrogens with zero attached hydrogens (tertiary/aromatic N) is 1. The minimum absolute atomic E-state index is 0.0429. The quantitative estimate of drug-likeness (QED) is 0.723. The molecule has 0 bridgehead atoms. The first kappa shape index (κ1) is 9.98. The molecule has 0 spiro atoms. The molecule has 0 saturated carbocycles. The summed E-state index contributed by atoms with van der Waals surface area (Å²) in [6.45, 7) is 1.45. The van der Waals surface area contributed by atoms with Crippen LogP contribution in [-0.4, -0.2) is 4.98 Å². The highest BCUT2D eigenvalue weighted by atomic mass is 19.3. The zero-order valence-corrected chi connectivity index (χ0v) is 7.02. The van der Waals surface area contributed by atoms with Crippen molar-refractivity contribution in [3.63, 3.8) is 0 Å². The maximum Gasteiger partial charge on any atom is 0.268 e. The Labute approximate surface area is 73.6 Å². The lowest BCUT2D eigenvalue weighted by Gasteiger charge is -2.06. The summed E-state index contributed by atoms with van der Waals surface area (Å²) < 4.78 is 37.3. The molecule has 0 aromatic carbocycles. The molecular formula is C8H9F3N2. The van der Waals surface area contributed by atoms with Gasteiger partial charge in [-0.3, -0.25) is 0 Å². The second-order valence-electron chi connectivity index (χ2n) is 2.64. The summed E-state index contributed by atoms with van der Waals surface area (Å²) in [5.41, 5.74) is 5.02. The number of pyridine rings is 1. The summed E-state index contributed by atoms with van der Waals surface area (Å²) >= 11 is 0. The van der Waals surface area contributed by atoms with E-state index < -0.39 is 17.9 Å². The van der Waals surface area contributed by atoms with Crippen LogP contribution in [0.15, 0.2) is 6.07 Å². The molecule has 1 rings (SSSR count). The SMILES string of the molecule is Cc1cc(CN)nc(F)c1C(F)F. The van der Waals surface area contributed by atoms with E-state index in [2.05, 4.69) is 4.98 Å². The first-order valence-electron chi connectivity index (χ1n) is 3.70. The van der Waals surface area contributed by atoms with Gasteiger partial charge in [0.1, 0.15) is 0 Å². The van der Waals surface area contributed by atoms with Gasteiger partial charge in [-0.1, -0.05) is 0 Å². The highest BCUT2D eigenvalue weighted by molar-refractivity contribution is 5.27. The Morgan fingerprint density at radius 1 is 1.54 bits per heavy atom. The number of rotatable bonds is 2. The van der Waals surface area contributed by atoms with Gasteiger partial charge < -0.3 is 5.73 Å². The lowest BCUT2D eigenvalue weighted by molar-refractivity contribution is 0.144. The second-order valence-corrected chi connectivity index (χ2v) is 2.64. The maximum atomic E-state index is 12.9. The number of nitrogens with two attached hydrogens (primary N) is 1. The number of aryl methyl sites for hydroxylation is 1. The largest absolute Gasteiger partial charge is 0.325 e. The van der Waals surface area contributed by atoms with Crippen LogP contribution in [0.1, 0.15) is 23.2 Å². The minimum atomic E-state index is -2.83. The molecule has 2 N–H and O–H groups in total. The predicted octanol–water partition coefficient (Wildman–Crippen LogP) is 1.93. The van der Waals surface area contributed by atoms with Crippen molar-refractivity contribution < 1.29 is 13.2 Å². The smallest absolute Gasteiger partial charge is 0.268 e. The molecule has 0 atom stereocenters. The van der Waals surface area contributed by atoms with Crippen molar-refractivity contribution >= 4 is 0 Å². The van der Waals surface area contributed by atoms with Crippen molar-refractivity contribution in [3.05, 3.63) is 28.8 Å². The van der Waals surface area contributed by atoms with Gasteiger partial charge in [-0.05, 0) is 18.6 Å². The van der Waals surface area contributed by atoms with Gasteiger partial charge in [-0.2, -0.15) is 4.39 Å². The van der Waals surface area contributed by atoms with E-state index in [4.69, 9.17) is 5.73 Å². The Morgan fingerprint density at radius 2 is 2.15 bits per heavy atom. The molecule has 0 fully saturated rings. The van der Waals surface area contributed by atoms with E-state index in [-0.39, 0.29) is 17.8 Å². The molecule has 1 aromatic rings. The van der Waals surface area contributed by atoms with Crippen molar-refractivity contribution in [3.8, 4) is 0 Å². The van der Waals surface area contributed by atoms with Crippen LogP contribution in [0.2, 0.25) is 0 Å². The van der Waals surface area contributed by atoms with E-state index in [1.165, 1.54) is 13.0 Å². The van der Waals surface area contributed by atoms with Crippen LogP contribution in [0, 0.1) is 12.9 Å². The van der Waals surface area contributed by atoms with Crippen molar-refractivity contribution in [1.29, 1.82) is 0 Å². The Hall–Kier alpha value is -1.10. The van der Waals surface area contributed by atoms with Crippen molar-refractivity contribution in [2.24, 2.45) is 5.73 Å². The highest BCUT2D eigenvalue weighted by Crippen LogP contribution is 2.24. The van der Waals surface area contributed by atoms with Gasteiger partial charge in [0.2, 0.25) is 5.95 Å². The van der Waals surface area contributed by atoms with Gasteiger partial charge in [0, 0.05) is 6.54 Å². The Morgan fingerprint density at radius 3 is 2.54 bits per heavy atom. The van der Waals surface area contributed by atoms with Crippen LogP contribution >= 0.6 is 0 Å². The molecule has 72 valence electrons. The maximum absolute atomic E-state index is 12.9. The third-order valence-corrected chi connectivity index (χ3v) is 1.70. The summed E-state index contributed by atoms with van der Waals surface area (Å²) in [6, 6.07) is 1.37. The van der Waals surface area contributed by atoms with Gasteiger partial charge in [0.25, 0.3) is 6.43 Å². The molecule has 0 unspecified atom stereocenters. The summed E-state index contributed by atoms with van der Waals surface area (Å²) in [5.74, 6) is -1.13. The van der Waals surface area contributed by atoms with Crippen LogP contribution < -0.4 is 5.73 Å². The van der Waals surface area contributed by atoms with Crippen LogP contribution in [0.25, 0.3) is 0 Å². The summed E-state index contributed by atoms with van der Waals surface area (Å²) in [5, 5.41) is 0. The molecule has 1 heterocycles. The van der Waals surface area contributed by atoms with Gasteiger partial charge in [0.05, 0.1) is 11.3 Å². The Balaban J connectivity index is 3.23. The molecule has 2 nitrogen and oxygen atoms in total. The summed E-state index contributed by atoms with van der Waals surface area (Å²) in [4.78, 5) is 3.30. The average Bonchev–Trinajstić information content (AvgIpc) is 2.02. The lowest BCUT2D eigenvalue weighted by Crippen LogP contribution is -2.06. The van der Waals surface area contributed by atoms with E-state index in [1.807, 2.05) is 0 Å². The number of aromatic nitrogens is 1. The minimum Gasteiger partial charge on any atom is -0.325 e. The van der Waals surface area contributed by atoms with Crippen molar-refractivity contribution in [2.45, 2.75) is 19.9 Å². The standard InChI is InChI=1S/C8H9F3N2/c1-4-2-5(3-12)13-8(11)6(4)7(9)10/h2,7H,3,12H2,1H3. The molecule has 0 aliphatic carbocycles. The van der Waals surface area contributed by atoms with Gasteiger partial charge in [0.15, 0.2) is 0 Å². The zero-order valence-electron chi connectivity index (χ0n) is 7.02. The molecule has 5 heteroatoms. The fourth-order valence-electron chi connectivity index (χ4n) is 1.08. The fourth-order valence-corrected chi connectivity index (χ4v) is 1.08. The van der Waals surface area contributed by atoms with E-state index in [1.54, 1.807) is 0 Å². The van der Waals surface area contributed by atoms with Gasteiger partial charge in [-0.15, -0.1) is 0 Å². The number of hydrogen-bond donors (Lipinski definition) is 1. The third kappa shape index (κ3) is 1.98. The molecule has 0 aliphatic rings. The van der Waals surface area contributed by atoms with Crippen LogP contribution in [0.3, 0.4) is 0 Å². The van der Waals surface area contributed by atoms with Crippen LogP contribution in [0.5, 0.6) is 0 Å². The number of hydrogen-bond acceptors (Lipinski definition) is 2. The van der Waals surface area contributed by atoms with E-state index in [9.17, 15) is 13.2 Å². The number of alkyl halides is 2. The molecule has 13 heavy (non-hydrogen) atoms. The van der Waals surface area contributed by atoms with Crippen molar-refractivity contribution in [1.82, 2.24) is 4.98 Å². The third-order valence-electron chi connectivity index (χ3n) is 1.70. The van der Waals surface area contributed by atoms with Crippen LogP contribution in [0.4, 0.5) is 13.2 Å². The molecule has 0 aliphatic heterocycles. The monoisotopic (exact) mass is 190 g/mol. The molecular weight excluding hydrogens is 181 g/mol.